The van der Waals surface area contributed by atoms with E-state index in [1.54, 1.807) is 12.1 Å². The lowest BCUT2D eigenvalue weighted by Gasteiger charge is -2.24. The standard InChI is InChI=1S/C17H19Cl3N2O2/c1-22(2)4-3-21-9-13-15(23)5-10(6-16(13)24)12-7-11(18)8-14(19)17(12)20/h7-10,21H,3-6H2,1-2H3. The smallest absolute Gasteiger partial charge is 0.168 e. The molecule has 2 rings (SSSR count). The number of hydrogen-bond acceptors (Lipinski definition) is 4. The van der Waals surface area contributed by atoms with Crippen LogP contribution in [0.4, 0.5) is 0 Å². The quantitative estimate of drug-likeness (QED) is 0.361. The second-order valence-corrected chi connectivity index (χ2v) is 7.28. The third-order valence-corrected chi connectivity index (χ3v) is 4.91. The molecule has 0 aliphatic heterocycles. The van der Waals surface area contributed by atoms with Crippen LogP contribution in [0.1, 0.15) is 24.3 Å². The molecule has 7 heteroatoms. The molecule has 0 radical (unpaired) electrons. The summed E-state index contributed by atoms with van der Waals surface area (Å²) >= 11 is 18.3. The number of Topliss-reactive ketones (excluding diaryl/α,β-unsaturated/α-hetero) is 2. The number of halogens is 3. The maximum atomic E-state index is 12.3. The maximum absolute atomic E-state index is 12.3. The average Bonchev–Trinajstić information content (AvgIpc) is 2.48. The molecule has 0 aromatic heterocycles. The SMILES string of the molecule is CN(C)CCNC=C1C(=O)CC(c2cc(Cl)cc(Cl)c2Cl)CC1=O. The molecule has 130 valence electrons. The molecule has 4 nitrogen and oxygen atoms in total. The molecule has 1 fully saturated rings. The maximum Gasteiger partial charge on any atom is 0.168 e. The first kappa shape index (κ1) is 19.3. The van der Waals surface area contributed by atoms with Crippen LogP contribution < -0.4 is 5.32 Å². The van der Waals surface area contributed by atoms with Crippen LogP contribution in [0.2, 0.25) is 15.1 Å². The Morgan fingerprint density at radius 3 is 2.38 bits per heavy atom. The monoisotopic (exact) mass is 388 g/mol. The van der Waals surface area contributed by atoms with Gasteiger partial charge >= 0.3 is 0 Å². The number of carbonyl (C=O) groups excluding carboxylic acids is 2. The molecule has 0 unspecified atom stereocenters. The van der Waals surface area contributed by atoms with E-state index in [0.717, 1.165) is 6.54 Å². The second-order valence-electron chi connectivity index (χ2n) is 6.06. The van der Waals surface area contributed by atoms with Gasteiger partial charge in [0.15, 0.2) is 11.6 Å². The summed E-state index contributed by atoms with van der Waals surface area (Å²) in [6.07, 6.45) is 1.95. The summed E-state index contributed by atoms with van der Waals surface area (Å²) in [6.45, 7) is 1.47. The number of carbonyl (C=O) groups is 2. The first-order valence-electron chi connectivity index (χ1n) is 7.58. The zero-order chi connectivity index (χ0) is 17.9. The van der Waals surface area contributed by atoms with Crippen LogP contribution in [0.15, 0.2) is 23.9 Å². The highest BCUT2D eigenvalue weighted by molar-refractivity contribution is 6.43. The van der Waals surface area contributed by atoms with Gasteiger partial charge in [0.25, 0.3) is 0 Å². The molecule has 1 aromatic rings. The zero-order valence-corrected chi connectivity index (χ0v) is 15.8. The number of ketones is 2. The van der Waals surface area contributed by atoms with Crippen molar-refractivity contribution in [1.82, 2.24) is 10.2 Å². The van der Waals surface area contributed by atoms with Crippen molar-refractivity contribution in [3.05, 3.63) is 44.5 Å². The van der Waals surface area contributed by atoms with E-state index in [-0.39, 0.29) is 35.9 Å². The van der Waals surface area contributed by atoms with E-state index in [9.17, 15) is 9.59 Å². The van der Waals surface area contributed by atoms with Gasteiger partial charge in [-0.3, -0.25) is 9.59 Å². The number of benzene rings is 1. The van der Waals surface area contributed by atoms with Crippen LogP contribution in [0, 0.1) is 0 Å². The van der Waals surface area contributed by atoms with Crippen molar-refractivity contribution in [3.63, 3.8) is 0 Å². The molecule has 0 amide bonds. The summed E-state index contributed by atoms with van der Waals surface area (Å²) in [6, 6.07) is 3.21. The van der Waals surface area contributed by atoms with Crippen LogP contribution >= 0.6 is 34.8 Å². The topological polar surface area (TPSA) is 49.4 Å². The Bertz CT molecular complexity index is 667. The van der Waals surface area contributed by atoms with Crippen molar-refractivity contribution < 1.29 is 9.59 Å². The zero-order valence-electron chi connectivity index (χ0n) is 13.5. The molecule has 1 N–H and O–H groups in total. The molecule has 24 heavy (non-hydrogen) atoms. The van der Waals surface area contributed by atoms with Crippen molar-refractivity contribution >= 4 is 46.4 Å². The molecule has 1 aliphatic carbocycles. The molecule has 1 aliphatic rings. The van der Waals surface area contributed by atoms with Crippen LogP contribution in [-0.2, 0) is 9.59 Å². The minimum atomic E-state index is -0.298. The fourth-order valence-electron chi connectivity index (χ4n) is 2.61. The Kier molecular flexibility index (Phi) is 6.70. The minimum absolute atomic E-state index is 0.194. The first-order chi connectivity index (χ1) is 11.3. The van der Waals surface area contributed by atoms with Crippen LogP contribution in [0.25, 0.3) is 0 Å². The van der Waals surface area contributed by atoms with Gasteiger partial charge in [-0.1, -0.05) is 34.8 Å². The largest absolute Gasteiger partial charge is 0.389 e. The van der Waals surface area contributed by atoms with Gasteiger partial charge in [0.05, 0.1) is 15.6 Å². The van der Waals surface area contributed by atoms with Crippen molar-refractivity contribution in [2.24, 2.45) is 0 Å². The van der Waals surface area contributed by atoms with E-state index in [0.29, 0.717) is 27.2 Å². The molecule has 0 bridgehead atoms. The van der Waals surface area contributed by atoms with Gasteiger partial charge in [-0.25, -0.2) is 0 Å². The normalized spacial score (nSPS) is 18.2. The van der Waals surface area contributed by atoms with Crippen LogP contribution in [0.5, 0.6) is 0 Å². The Balaban J connectivity index is 2.12. The summed E-state index contributed by atoms with van der Waals surface area (Å²) in [5, 5.41) is 4.13. The molecular weight excluding hydrogens is 371 g/mol. The summed E-state index contributed by atoms with van der Waals surface area (Å²) in [7, 11) is 3.91. The Morgan fingerprint density at radius 1 is 1.17 bits per heavy atom. The molecule has 0 atom stereocenters. The third kappa shape index (κ3) is 4.73. The lowest BCUT2D eigenvalue weighted by molar-refractivity contribution is -0.124. The Labute approximate surface area is 156 Å². The third-order valence-electron chi connectivity index (χ3n) is 3.88. The molecular formula is C17H19Cl3N2O2. The summed E-state index contributed by atoms with van der Waals surface area (Å²) in [4.78, 5) is 26.7. The van der Waals surface area contributed by atoms with Crippen LogP contribution in [-0.4, -0.2) is 43.7 Å². The highest BCUT2D eigenvalue weighted by atomic mass is 35.5. The first-order valence-corrected chi connectivity index (χ1v) is 8.72. The fourth-order valence-corrected chi connectivity index (χ4v) is 3.38. The predicted molar refractivity (Wildman–Crippen MR) is 98.1 cm³/mol. The summed E-state index contributed by atoms with van der Waals surface area (Å²) in [5.74, 6) is -0.686. The Hall–Kier alpha value is -1.07. The van der Waals surface area contributed by atoms with Gasteiger partial charge in [-0.15, -0.1) is 0 Å². The van der Waals surface area contributed by atoms with Gasteiger partial charge < -0.3 is 10.2 Å². The van der Waals surface area contributed by atoms with E-state index < -0.39 is 0 Å². The average molecular weight is 390 g/mol. The number of nitrogens with one attached hydrogen (secondary N) is 1. The van der Waals surface area contributed by atoms with E-state index >= 15 is 0 Å². The molecule has 1 saturated carbocycles. The van der Waals surface area contributed by atoms with Crippen molar-refractivity contribution in [3.8, 4) is 0 Å². The number of allylic oxidation sites excluding steroid dienone is 1. The van der Waals surface area contributed by atoms with Gasteiger partial charge in [0, 0.05) is 37.2 Å². The van der Waals surface area contributed by atoms with Crippen molar-refractivity contribution in [1.29, 1.82) is 0 Å². The van der Waals surface area contributed by atoms with E-state index in [4.69, 9.17) is 34.8 Å². The summed E-state index contributed by atoms with van der Waals surface area (Å²) < 4.78 is 0. The highest BCUT2D eigenvalue weighted by Gasteiger charge is 2.32. The second kappa shape index (κ2) is 8.34. The van der Waals surface area contributed by atoms with E-state index in [2.05, 4.69) is 5.32 Å². The van der Waals surface area contributed by atoms with Crippen molar-refractivity contribution in [2.75, 3.05) is 27.2 Å². The number of rotatable bonds is 5. The van der Waals surface area contributed by atoms with Gasteiger partial charge in [0.1, 0.15) is 0 Å². The molecule has 1 aromatic carbocycles. The number of nitrogens with zero attached hydrogens (tertiary/aromatic N) is 1. The van der Waals surface area contributed by atoms with Gasteiger partial charge in [-0.05, 0) is 37.7 Å². The van der Waals surface area contributed by atoms with E-state index in [1.165, 1.54) is 6.20 Å². The molecule has 0 heterocycles. The predicted octanol–water partition coefficient (Wildman–Crippen LogP) is 3.70. The van der Waals surface area contributed by atoms with Gasteiger partial charge in [-0.2, -0.15) is 0 Å². The minimum Gasteiger partial charge on any atom is -0.389 e. The van der Waals surface area contributed by atoms with Gasteiger partial charge in [0.2, 0.25) is 0 Å². The van der Waals surface area contributed by atoms with Crippen molar-refractivity contribution in [2.45, 2.75) is 18.8 Å². The fraction of sp³-hybridized carbons (Fsp3) is 0.412. The lowest BCUT2D eigenvalue weighted by atomic mass is 9.80. The molecule has 0 spiro atoms. The highest BCUT2D eigenvalue weighted by Crippen LogP contribution is 2.39. The number of likely N-dealkylation sites (N-methyl/N-ethyl adjacent to an activating group) is 1. The number of hydrogen-bond donors (Lipinski definition) is 1. The Morgan fingerprint density at radius 2 is 1.79 bits per heavy atom. The molecule has 0 saturated heterocycles. The summed E-state index contributed by atoms with van der Waals surface area (Å²) in [5.41, 5.74) is 0.865. The van der Waals surface area contributed by atoms with Crippen LogP contribution in [0.3, 0.4) is 0 Å². The lowest BCUT2D eigenvalue weighted by Crippen LogP contribution is -2.28. The van der Waals surface area contributed by atoms with E-state index in [1.807, 2.05) is 19.0 Å².